The van der Waals surface area contributed by atoms with E-state index in [0.29, 0.717) is 16.6 Å². The summed E-state index contributed by atoms with van der Waals surface area (Å²) in [4.78, 5) is 23.3. The van der Waals surface area contributed by atoms with Gasteiger partial charge in [-0.2, -0.15) is 0 Å². The van der Waals surface area contributed by atoms with Crippen LogP contribution in [0.4, 0.5) is 4.39 Å². The highest BCUT2D eigenvalue weighted by molar-refractivity contribution is 6.32. The Bertz CT molecular complexity index is 780. The second-order valence-corrected chi connectivity index (χ2v) is 5.29. The largest absolute Gasteiger partial charge is 0.477 e. The van der Waals surface area contributed by atoms with Gasteiger partial charge < -0.3 is 5.11 Å². The third-order valence-electron chi connectivity index (χ3n) is 3.25. The predicted octanol–water partition coefficient (Wildman–Crippen LogP) is 3.22. The number of halogens is 2. The van der Waals surface area contributed by atoms with E-state index in [4.69, 9.17) is 16.7 Å². The molecule has 1 N–H and O–H groups in total. The van der Waals surface area contributed by atoms with E-state index in [9.17, 15) is 14.0 Å². The van der Waals surface area contributed by atoms with Crippen molar-refractivity contribution in [1.82, 2.24) is 4.40 Å². The Kier molecular flexibility index (Phi) is 3.56. The molecule has 2 aromatic rings. The lowest BCUT2D eigenvalue weighted by Gasteiger charge is -2.15. The molecule has 0 bridgehead atoms. The van der Waals surface area contributed by atoms with Crippen LogP contribution < -0.4 is 5.56 Å². The van der Waals surface area contributed by atoms with E-state index < -0.39 is 17.3 Å². The number of nitrogens with zero attached hydrogens (tertiary/aromatic N) is 1. The van der Waals surface area contributed by atoms with Gasteiger partial charge in [-0.15, -0.1) is 0 Å². The summed E-state index contributed by atoms with van der Waals surface area (Å²) in [6.45, 7) is 5.33. The van der Waals surface area contributed by atoms with Crippen LogP contribution in [0.2, 0.25) is 5.02 Å². The van der Waals surface area contributed by atoms with E-state index in [0.717, 1.165) is 10.6 Å². The van der Waals surface area contributed by atoms with Gasteiger partial charge in [-0.25, -0.2) is 9.18 Å². The molecule has 0 unspecified atom stereocenters. The number of pyridine rings is 2. The second-order valence-electron chi connectivity index (χ2n) is 4.91. The van der Waals surface area contributed by atoms with Crippen LogP contribution in [0.15, 0.2) is 17.1 Å². The molecule has 0 radical (unpaired) electrons. The summed E-state index contributed by atoms with van der Waals surface area (Å²) in [5, 5.41) is 9.03. The van der Waals surface area contributed by atoms with Crippen LogP contribution in [0.5, 0.6) is 0 Å². The van der Waals surface area contributed by atoms with Gasteiger partial charge in [-0.3, -0.25) is 9.20 Å². The highest BCUT2D eigenvalue weighted by atomic mass is 35.5. The molecule has 0 aliphatic carbocycles. The normalized spacial score (nSPS) is 11.3. The number of carboxylic acids is 1. The molecule has 0 aliphatic heterocycles. The monoisotopic (exact) mass is 297 g/mol. The number of hydrogen-bond donors (Lipinski definition) is 1. The number of aryl methyl sites for hydroxylation is 1. The topological polar surface area (TPSA) is 58.8 Å². The SMILES string of the molecule is Cc1c(Cl)c(F)cn2c(=O)c(C(=O)O)cc(C(C)C)c12. The smallest absolute Gasteiger partial charge is 0.341 e. The maximum absolute atomic E-state index is 13.7. The Balaban J connectivity index is 3.11. The molecule has 4 nitrogen and oxygen atoms in total. The number of carbonyl (C=O) groups is 1. The molecule has 106 valence electrons. The van der Waals surface area contributed by atoms with E-state index >= 15 is 0 Å². The molecule has 2 heterocycles. The molecule has 0 saturated carbocycles. The third-order valence-corrected chi connectivity index (χ3v) is 3.72. The van der Waals surface area contributed by atoms with Gasteiger partial charge in [0.2, 0.25) is 0 Å². The number of carboxylic acid groups (broad SMARTS) is 1. The Morgan fingerprint density at radius 2 is 2.05 bits per heavy atom. The van der Waals surface area contributed by atoms with Crippen molar-refractivity contribution in [2.75, 3.05) is 0 Å². The van der Waals surface area contributed by atoms with Crippen LogP contribution in [0.1, 0.15) is 41.3 Å². The van der Waals surface area contributed by atoms with Gasteiger partial charge >= 0.3 is 5.97 Å². The van der Waals surface area contributed by atoms with Gasteiger partial charge in [0, 0.05) is 6.20 Å². The molecule has 0 aliphatic rings. The van der Waals surface area contributed by atoms with Gasteiger partial charge in [-0.1, -0.05) is 25.4 Å². The van der Waals surface area contributed by atoms with E-state index in [2.05, 4.69) is 0 Å². The van der Waals surface area contributed by atoms with Crippen molar-refractivity contribution in [3.8, 4) is 0 Å². The van der Waals surface area contributed by atoms with Gasteiger partial charge in [0.25, 0.3) is 5.56 Å². The van der Waals surface area contributed by atoms with Crippen LogP contribution in [0.3, 0.4) is 0 Å². The van der Waals surface area contributed by atoms with Crippen LogP contribution in [-0.4, -0.2) is 15.5 Å². The summed E-state index contributed by atoms with van der Waals surface area (Å²) in [6.07, 6.45) is 0.936. The van der Waals surface area contributed by atoms with Crippen LogP contribution in [0.25, 0.3) is 5.52 Å². The zero-order chi connectivity index (χ0) is 15.2. The van der Waals surface area contributed by atoms with Gasteiger partial charge in [0.05, 0.1) is 10.5 Å². The number of hydrogen-bond acceptors (Lipinski definition) is 2. The maximum Gasteiger partial charge on any atom is 0.341 e. The summed E-state index contributed by atoms with van der Waals surface area (Å²) >= 11 is 5.88. The number of rotatable bonds is 2. The summed E-state index contributed by atoms with van der Waals surface area (Å²) in [5.41, 5.74) is 0.370. The summed E-state index contributed by atoms with van der Waals surface area (Å²) in [6, 6.07) is 1.34. The lowest BCUT2D eigenvalue weighted by molar-refractivity contribution is 0.0694. The van der Waals surface area contributed by atoms with E-state index in [1.807, 2.05) is 13.8 Å². The molecule has 0 atom stereocenters. The van der Waals surface area contributed by atoms with E-state index in [1.54, 1.807) is 6.92 Å². The number of aromatic carboxylic acids is 1. The third kappa shape index (κ3) is 2.08. The summed E-state index contributed by atoms with van der Waals surface area (Å²) in [5.74, 6) is -2.13. The lowest BCUT2D eigenvalue weighted by Crippen LogP contribution is -2.24. The molecule has 2 aromatic heterocycles. The van der Waals surface area contributed by atoms with Crippen molar-refractivity contribution in [2.45, 2.75) is 26.7 Å². The van der Waals surface area contributed by atoms with Gasteiger partial charge in [0.1, 0.15) is 5.56 Å². The average Bonchev–Trinajstić information content (AvgIpc) is 2.36. The first-order chi connectivity index (χ1) is 9.25. The minimum Gasteiger partial charge on any atom is -0.477 e. The molecule has 20 heavy (non-hydrogen) atoms. The zero-order valence-corrected chi connectivity index (χ0v) is 12.0. The molecular formula is C14H13ClFNO3. The van der Waals surface area contributed by atoms with Crippen LogP contribution in [-0.2, 0) is 0 Å². The lowest BCUT2D eigenvalue weighted by atomic mass is 9.98. The maximum atomic E-state index is 13.7. The average molecular weight is 298 g/mol. The Morgan fingerprint density at radius 1 is 1.45 bits per heavy atom. The number of fused-ring (bicyclic) bond motifs is 1. The van der Waals surface area contributed by atoms with Crippen LogP contribution in [0, 0.1) is 12.7 Å². The summed E-state index contributed by atoms with van der Waals surface area (Å²) in [7, 11) is 0. The minimum absolute atomic E-state index is 0.0380. The van der Waals surface area contributed by atoms with Crippen molar-refractivity contribution < 1.29 is 14.3 Å². The molecule has 0 amide bonds. The first-order valence-electron chi connectivity index (χ1n) is 6.02. The van der Waals surface area contributed by atoms with Crippen LogP contribution >= 0.6 is 11.6 Å². The van der Waals surface area contributed by atoms with Gasteiger partial charge in [-0.05, 0) is 30.0 Å². The second kappa shape index (κ2) is 4.90. The summed E-state index contributed by atoms with van der Waals surface area (Å²) < 4.78 is 14.7. The first-order valence-corrected chi connectivity index (χ1v) is 6.40. The molecule has 0 spiro atoms. The Morgan fingerprint density at radius 3 is 2.55 bits per heavy atom. The van der Waals surface area contributed by atoms with E-state index in [1.165, 1.54) is 6.07 Å². The first kappa shape index (κ1) is 14.5. The molecule has 2 rings (SSSR count). The molecule has 0 fully saturated rings. The highest BCUT2D eigenvalue weighted by Gasteiger charge is 2.20. The zero-order valence-electron chi connectivity index (χ0n) is 11.2. The van der Waals surface area contributed by atoms with Crippen molar-refractivity contribution in [1.29, 1.82) is 0 Å². The Hall–Kier alpha value is -1.88. The molecule has 0 saturated heterocycles. The minimum atomic E-state index is -1.33. The fourth-order valence-corrected chi connectivity index (χ4v) is 2.36. The Labute approximate surface area is 119 Å². The standard InChI is InChI=1S/C14H13ClFNO3/c1-6(2)8-4-9(14(19)20)13(18)17-5-10(16)11(15)7(3)12(8)17/h4-6H,1-3H3,(H,19,20). The molecular weight excluding hydrogens is 285 g/mol. The molecule has 6 heteroatoms. The molecule has 0 aromatic carbocycles. The van der Waals surface area contributed by atoms with Crippen molar-refractivity contribution in [3.05, 3.63) is 50.1 Å². The quantitative estimate of drug-likeness (QED) is 0.926. The van der Waals surface area contributed by atoms with Gasteiger partial charge in [0.15, 0.2) is 5.82 Å². The van der Waals surface area contributed by atoms with Crippen molar-refractivity contribution in [2.24, 2.45) is 0 Å². The highest BCUT2D eigenvalue weighted by Crippen LogP contribution is 2.29. The van der Waals surface area contributed by atoms with E-state index in [-0.39, 0.29) is 16.5 Å². The number of aromatic nitrogens is 1. The fourth-order valence-electron chi connectivity index (χ4n) is 2.22. The fraction of sp³-hybridized carbons (Fsp3) is 0.286. The predicted molar refractivity (Wildman–Crippen MR) is 74.4 cm³/mol. The van der Waals surface area contributed by atoms with Crippen molar-refractivity contribution >= 4 is 23.1 Å². The van der Waals surface area contributed by atoms with Crippen molar-refractivity contribution in [3.63, 3.8) is 0 Å².